The fourth-order valence-electron chi connectivity index (χ4n) is 0.603. The van der Waals surface area contributed by atoms with Crippen molar-refractivity contribution in [3.63, 3.8) is 0 Å². The molecule has 5 nitrogen and oxygen atoms in total. The van der Waals surface area contributed by atoms with Crippen LogP contribution in [0.3, 0.4) is 0 Å². The number of rotatable bonds is 4. The number of hydrogen-bond acceptors (Lipinski definition) is 4. The van der Waals surface area contributed by atoms with Crippen LogP contribution < -0.4 is 5.73 Å². The first-order chi connectivity index (χ1) is 5.26. The van der Waals surface area contributed by atoms with Gasteiger partial charge in [0.15, 0.2) is 5.71 Å². The van der Waals surface area contributed by atoms with Crippen LogP contribution in [-0.4, -0.2) is 30.5 Å². The summed E-state index contributed by atoms with van der Waals surface area (Å²) in [7, 11) is 1.25. The summed E-state index contributed by atoms with van der Waals surface area (Å²) in [5.74, 6) is -0.582. The number of oxime groups is 1. The molecule has 0 aromatic heterocycles. The van der Waals surface area contributed by atoms with Gasteiger partial charge in [0.05, 0.1) is 13.7 Å². The van der Waals surface area contributed by atoms with E-state index in [1.165, 1.54) is 7.11 Å². The lowest BCUT2D eigenvalue weighted by Gasteiger charge is -1.98. The van der Waals surface area contributed by atoms with E-state index in [1.54, 1.807) is 0 Å². The van der Waals surface area contributed by atoms with Gasteiger partial charge in [-0.2, -0.15) is 0 Å². The van der Waals surface area contributed by atoms with Gasteiger partial charge >= 0.3 is 5.97 Å². The third-order valence-corrected chi connectivity index (χ3v) is 1.21. The van der Waals surface area contributed by atoms with Crippen molar-refractivity contribution in [3.05, 3.63) is 0 Å². The molecule has 5 heteroatoms. The van der Waals surface area contributed by atoms with Crippen molar-refractivity contribution < 1.29 is 20.5 Å². The molecule has 0 aromatic carbocycles. The molecule has 0 fully saturated rings. The molecule has 0 rings (SSSR count). The first kappa shape index (κ1) is 9.90. The number of ether oxygens (including phenoxy) is 1. The quantitative estimate of drug-likeness (QED) is 0.240. The minimum atomic E-state index is -0.582. The van der Waals surface area contributed by atoms with E-state index in [9.17, 15) is 4.79 Å². The van der Waals surface area contributed by atoms with Crippen LogP contribution in [0.4, 0.5) is 0 Å². The highest BCUT2D eigenvalue weighted by Crippen LogP contribution is 1.92. The van der Waals surface area contributed by atoms with Gasteiger partial charge in [-0.05, 0) is 0 Å². The number of carbonyl (C=O) groups excluding carboxylic acids is 1. The van der Waals surface area contributed by atoms with E-state index < -0.39 is 5.97 Å². The number of hydrogen-bond donors (Lipinski definition) is 2. The van der Waals surface area contributed by atoms with E-state index in [-0.39, 0.29) is 5.71 Å². The zero-order valence-corrected chi connectivity index (χ0v) is 6.54. The molecular weight excluding hydrogens is 148 g/mol. The molecule has 0 aliphatic rings. The van der Waals surface area contributed by atoms with Crippen LogP contribution in [0.25, 0.3) is 0 Å². The SMILES string of the molecule is COC(=O)/C(CCC[NH3+])=N/O. The molecule has 11 heavy (non-hydrogen) atoms. The molecule has 0 aliphatic carbocycles. The van der Waals surface area contributed by atoms with E-state index in [4.69, 9.17) is 5.21 Å². The molecule has 0 unspecified atom stereocenters. The lowest BCUT2D eigenvalue weighted by atomic mass is 10.2. The number of carbonyl (C=O) groups is 1. The van der Waals surface area contributed by atoms with Gasteiger partial charge in [0, 0.05) is 12.8 Å². The summed E-state index contributed by atoms with van der Waals surface area (Å²) in [5, 5.41) is 11.1. The summed E-state index contributed by atoms with van der Waals surface area (Å²) in [6, 6.07) is 0. The van der Waals surface area contributed by atoms with Gasteiger partial charge < -0.3 is 15.7 Å². The summed E-state index contributed by atoms with van der Waals surface area (Å²) in [6.07, 6.45) is 1.13. The molecule has 64 valence electrons. The van der Waals surface area contributed by atoms with Gasteiger partial charge in [-0.3, -0.25) is 0 Å². The molecule has 0 aromatic rings. The largest absolute Gasteiger partial charge is 0.464 e. The van der Waals surface area contributed by atoms with Crippen molar-refractivity contribution in [1.82, 2.24) is 0 Å². The Morgan fingerprint density at radius 1 is 1.73 bits per heavy atom. The van der Waals surface area contributed by atoms with Crippen molar-refractivity contribution in [3.8, 4) is 0 Å². The van der Waals surface area contributed by atoms with Crippen LogP contribution in [0.15, 0.2) is 5.16 Å². The Hall–Kier alpha value is -1.10. The summed E-state index contributed by atoms with van der Waals surface area (Å²) in [6.45, 7) is 0.704. The van der Waals surface area contributed by atoms with Crippen LogP contribution in [-0.2, 0) is 9.53 Å². The van der Waals surface area contributed by atoms with E-state index in [0.29, 0.717) is 19.4 Å². The van der Waals surface area contributed by atoms with Crippen molar-refractivity contribution in [2.75, 3.05) is 13.7 Å². The predicted molar refractivity (Wildman–Crippen MR) is 38.2 cm³/mol. The zero-order valence-electron chi connectivity index (χ0n) is 6.54. The lowest BCUT2D eigenvalue weighted by Crippen LogP contribution is -2.50. The molecule has 0 aliphatic heterocycles. The molecular formula is C6H13N2O3+. The number of quaternary nitrogens is 1. The van der Waals surface area contributed by atoms with Crippen LogP contribution >= 0.6 is 0 Å². The van der Waals surface area contributed by atoms with Crippen molar-refractivity contribution >= 4 is 11.7 Å². The van der Waals surface area contributed by atoms with Crippen LogP contribution in [0, 0.1) is 0 Å². The maximum absolute atomic E-state index is 10.7. The summed E-state index contributed by atoms with van der Waals surface area (Å²) >= 11 is 0. The van der Waals surface area contributed by atoms with Gasteiger partial charge in [0.2, 0.25) is 0 Å². The van der Waals surface area contributed by atoms with Crippen LogP contribution in [0.5, 0.6) is 0 Å². The Balaban J connectivity index is 3.87. The highest BCUT2D eigenvalue weighted by molar-refractivity contribution is 6.36. The molecule has 0 spiro atoms. The van der Waals surface area contributed by atoms with Crippen molar-refractivity contribution in [2.24, 2.45) is 5.16 Å². The van der Waals surface area contributed by atoms with E-state index in [1.807, 2.05) is 0 Å². The second-order valence-corrected chi connectivity index (χ2v) is 2.00. The fraction of sp³-hybridized carbons (Fsp3) is 0.667. The third-order valence-electron chi connectivity index (χ3n) is 1.21. The predicted octanol–water partition coefficient (Wildman–Crippen LogP) is -0.988. The second-order valence-electron chi connectivity index (χ2n) is 2.00. The topological polar surface area (TPSA) is 86.5 Å². The maximum Gasteiger partial charge on any atom is 0.355 e. The molecule has 0 amide bonds. The first-order valence-electron chi connectivity index (χ1n) is 3.34. The Morgan fingerprint density at radius 2 is 2.36 bits per heavy atom. The average Bonchev–Trinajstić information content (AvgIpc) is 2.05. The van der Waals surface area contributed by atoms with Crippen LogP contribution in [0.1, 0.15) is 12.8 Å². The molecule has 0 heterocycles. The van der Waals surface area contributed by atoms with Crippen LogP contribution in [0.2, 0.25) is 0 Å². The average molecular weight is 161 g/mol. The normalized spacial score (nSPS) is 11.3. The molecule has 4 N–H and O–H groups in total. The second kappa shape index (κ2) is 5.67. The Kier molecular flexibility index (Phi) is 5.10. The van der Waals surface area contributed by atoms with Gasteiger partial charge in [-0.15, -0.1) is 0 Å². The number of methoxy groups -OCH3 is 1. The minimum absolute atomic E-state index is 0.0520. The highest BCUT2D eigenvalue weighted by Gasteiger charge is 2.11. The summed E-state index contributed by atoms with van der Waals surface area (Å²) in [4.78, 5) is 10.7. The number of esters is 1. The summed E-state index contributed by atoms with van der Waals surface area (Å²) in [5.41, 5.74) is 3.64. The first-order valence-corrected chi connectivity index (χ1v) is 3.34. The van der Waals surface area contributed by atoms with E-state index >= 15 is 0 Å². The highest BCUT2D eigenvalue weighted by atomic mass is 16.5. The Bertz CT molecular complexity index is 156. The lowest BCUT2D eigenvalue weighted by molar-refractivity contribution is -0.367. The van der Waals surface area contributed by atoms with Crippen molar-refractivity contribution in [2.45, 2.75) is 12.8 Å². The third kappa shape index (κ3) is 3.57. The maximum atomic E-state index is 10.7. The van der Waals surface area contributed by atoms with Crippen molar-refractivity contribution in [1.29, 1.82) is 0 Å². The van der Waals surface area contributed by atoms with Gasteiger partial charge in [-0.25, -0.2) is 4.79 Å². The Labute approximate surface area is 64.8 Å². The minimum Gasteiger partial charge on any atom is -0.464 e. The molecule has 0 atom stereocenters. The smallest absolute Gasteiger partial charge is 0.355 e. The molecule has 0 radical (unpaired) electrons. The van der Waals surface area contributed by atoms with E-state index in [2.05, 4.69) is 15.6 Å². The molecule has 0 saturated carbocycles. The molecule has 0 saturated heterocycles. The Morgan fingerprint density at radius 3 is 2.73 bits per heavy atom. The fourth-order valence-corrected chi connectivity index (χ4v) is 0.603. The number of nitrogens with zero attached hydrogens (tertiary/aromatic N) is 1. The van der Waals surface area contributed by atoms with Gasteiger partial charge in [0.1, 0.15) is 0 Å². The summed E-state index contributed by atoms with van der Waals surface area (Å²) < 4.78 is 4.35. The standard InChI is InChI=1S/C6H12N2O3/c1-11-6(9)5(8-10)3-2-4-7/h10H,2-4,7H2,1H3/p+1/b8-5+. The zero-order chi connectivity index (χ0) is 8.69. The molecule has 0 bridgehead atoms. The van der Waals surface area contributed by atoms with Gasteiger partial charge in [0.25, 0.3) is 0 Å². The van der Waals surface area contributed by atoms with E-state index in [0.717, 1.165) is 0 Å². The monoisotopic (exact) mass is 161 g/mol. The van der Waals surface area contributed by atoms with Gasteiger partial charge in [-0.1, -0.05) is 5.16 Å².